The molecule has 0 bridgehead atoms. The van der Waals surface area contributed by atoms with Gasteiger partial charge in [-0.05, 0) is 56.3 Å². The summed E-state index contributed by atoms with van der Waals surface area (Å²) in [5.74, 6) is 2.88. The Labute approximate surface area is 101 Å². The van der Waals surface area contributed by atoms with Crippen LogP contribution in [0, 0.1) is 17.8 Å². The summed E-state index contributed by atoms with van der Waals surface area (Å²) in [4.78, 5) is 0. The highest BCUT2D eigenvalue weighted by molar-refractivity contribution is 4.86. The Bertz CT molecular complexity index is 203. The first-order valence-electron chi connectivity index (χ1n) is 7.43. The van der Waals surface area contributed by atoms with Crippen molar-refractivity contribution < 1.29 is 0 Å². The summed E-state index contributed by atoms with van der Waals surface area (Å²) < 4.78 is 0. The highest BCUT2D eigenvalue weighted by atomic mass is 15.0. The monoisotopic (exact) mass is 223 g/mol. The van der Waals surface area contributed by atoms with E-state index in [1.165, 1.54) is 44.9 Å². The first-order chi connectivity index (χ1) is 7.67. The Balaban J connectivity index is 1.77. The Kier molecular flexibility index (Phi) is 4.29. The van der Waals surface area contributed by atoms with Crippen LogP contribution in [0.25, 0.3) is 0 Å². The van der Waals surface area contributed by atoms with Gasteiger partial charge in [-0.2, -0.15) is 0 Å². The normalized spacial score (nSPS) is 44.8. The van der Waals surface area contributed by atoms with E-state index in [0.717, 1.165) is 29.8 Å². The second-order valence-electron chi connectivity index (χ2n) is 6.57. The van der Waals surface area contributed by atoms with Crippen molar-refractivity contribution in [1.29, 1.82) is 0 Å². The van der Waals surface area contributed by atoms with Gasteiger partial charge < -0.3 is 5.32 Å². The molecule has 2 aliphatic carbocycles. The van der Waals surface area contributed by atoms with Crippen molar-refractivity contribution in [2.75, 3.05) is 0 Å². The van der Waals surface area contributed by atoms with Gasteiger partial charge in [0.15, 0.2) is 0 Å². The van der Waals surface area contributed by atoms with Gasteiger partial charge in [0.05, 0.1) is 0 Å². The van der Waals surface area contributed by atoms with Crippen molar-refractivity contribution in [2.24, 2.45) is 17.8 Å². The van der Waals surface area contributed by atoms with E-state index in [2.05, 4.69) is 26.1 Å². The molecule has 0 aliphatic heterocycles. The van der Waals surface area contributed by atoms with Crippen LogP contribution in [-0.4, -0.2) is 12.1 Å². The van der Waals surface area contributed by atoms with Crippen molar-refractivity contribution in [2.45, 2.75) is 77.8 Å². The van der Waals surface area contributed by atoms with E-state index < -0.39 is 0 Å². The van der Waals surface area contributed by atoms with Gasteiger partial charge in [0.2, 0.25) is 0 Å². The molecule has 0 radical (unpaired) electrons. The van der Waals surface area contributed by atoms with Gasteiger partial charge in [0.25, 0.3) is 0 Å². The lowest BCUT2D eigenvalue weighted by molar-refractivity contribution is 0.224. The number of hydrogen-bond donors (Lipinski definition) is 1. The first kappa shape index (κ1) is 12.4. The fourth-order valence-electron chi connectivity index (χ4n) is 4.01. The summed E-state index contributed by atoms with van der Waals surface area (Å²) in [6.45, 7) is 7.19. The largest absolute Gasteiger partial charge is 0.311 e. The second-order valence-corrected chi connectivity index (χ2v) is 6.57. The van der Waals surface area contributed by atoms with E-state index in [1.54, 1.807) is 0 Å². The molecule has 2 saturated carbocycles. The molecular weight excluding hydrogens is 194 g/mol. The number of nitrogens with one attached hydrogen (secondary N) is 1. The van der Waals surface area contributed by atoms with Crippen LogP contribution >= 0.6 is 0 Å². The van der Waals surface area contributed by atoms with Gasteiger partial charge in [0.1, 0.15) is 0 Å². The molecule has 0 heterocycles. The van der Waals surface area contributed by atoms with Crippen molar-refractivity contribution in [3.05, 3.63) is 0 Å². The topological polar surface area (TPSA) is 12.0 Å². The zero-order valence-electron chi connectivity index (χ0n) is 11.3. The molecule has 2 aliphatic rings. The standard InChI is InChI=1S/C15H29N/c1-4-13-5-6-14(10-13)16-15-8-11(2)7-12(3)9-15/h11-16H,4-10H2,1-3H3. The van der Waals surface area contributed by atoms with Gasteiger partial charge in [0, 0.05) is 12.1 Å². The lowest BCUT2D eigenvalue weighted by Gasteiger charge is -2.34. The maximum Gasteiger partial charge on any atom is 0.00747 e. The summed E-state index contributed by atoms with van der Waals surface area (Å²) in [6, 6.07) is 1.66. The van der Waals surface area contributed by atoms with Gasteiger partial charge >= 0.3 is 0 Å². The molecule has 2 rings (SSSR count). The summed E-state index contributed by atoms with van der Waals surface area (Å²) >= 11 is 0. The Hall–Kier alpha value is -0.0400. The molecule has 0 aromatic heterocycles. The zero-order valence-corrected chi connectivity index (χ0v) is 11.3. The third kappa shape index (κ3) is 3.23. The molecule has 0 aromatic rings. The average Bonchev–Trinajstić information content (AvgIpc) is 2.64. The van der Waals surface area contributed by atoms with Gasteiger partial charge in [-0.25, -0.2) is 0 Å². The lowest BCUT2D eigenvalue weighted by atomic mass is 9.80. The number of hydrogen-bond acceptors (Lipinski definition) is 1. The molecule has 2 fully saturated rings. The Morgan fingerprint density at radius 2 is 1.56 bits per heavy atom. The maximum atomic E-state index is 3.94. The van der Waals surface area contributed by atoms with E-state index >= 15 is 0 Å². The van der Waals surface area contributed by atoms with Crippen molar-refractivity contribution in [1.82, 2.24) is 5.32 Å². The molecule has 0 saturated heterocycles. The van der Waals surface area contributed by atoms with E-state index in [1.807, 2.05) is 0 Å². The van der Waals surface area contributed by atoms with E-state index in [4.69, 9.17) is 0 Å². The minimum Gasteiger partial charge on any atom is -0.311 e. The van der Waals surface area contributed by atoms with Crippen molar-refractivity contribution >= 4 is 0 Å². The summed E-state index contributed by atoms with van der Waals surface area (Å²) in [5.41, 5.74) is 0. The van der Waals surface area contributed by atoms with Gasteiger partial charge in [-0.1, -0.05) is 27.2 Å². The lowest BCUT2D eigenvalue weighted by Crippen LogP contribution is -2.41. The number of rotatable bonds is 3. The smallest absolute Gasteiger partial charge is 0.00747 e. The van der Waals surface area contributed by atoms with Crippen LogP contribution in [-0.2, 0) is 0 Å². The first-order valence-corrected chi connectivity index (χ1v) is 7.43. The van der Waals surface area contributed by atoms with Crippen LogP contribution in [0.2, 0.25) is 0 Å². The summed E-state index contributed by atoms with van der Waals surface area (Å²) in [5, 5.41) is 3.94. The van der Waals surface area contributed by atoms with Crippen molar-refractivity contribution in [3.8, 4) is 0 Å². The van der Waals surface area contributed by atoms with Gasteiger partial charge in [-0.3, -0.25) is 0 Å². The van der Waals surface area contributed by atoms with Crippen LogP contribution in [0.4, 0.5) is 0 Å². The molecule has 0 spiro atoms. The minimum atomic E-state index is 0.819. The Morgan fingerprint density at radius 3 is 2.12 bits per heavy atom. The van der Waals surface area contributed by atoms with Crippen molar-refractivity contribution in [3.63, 3.8) is 0 Å². The SMILES string of the molecule is CCC1CCC(NC2CC(C)CC(C)C2)C1. The quantitative estimate of drug-likeness (QED) is 0.763. The molecule has 1 heteroatoms. The van der Waals surface area contributed by atoms with E-state index in [0.29, 0.717) is 0 Å². The highest BCUT2D eigenvalue weighted by Crippen LogP contribution is 2.32. The van der Waals surface area contributed by atoms with E-state index in [-0.39, 0.29) is 0 Å². The van der Waals surface area contributed by atoms with Crippen LogP contribution in [0.5, 0.6) is 0 Å². The third-order valence-electron chi connectivity index (χ3n) is 4.77. The zero-order chi connectivity index (χ0) is 11.5. The maximum absolute atomic E-state index is 3.94. The molecule has 0 aromatic carbocycles. The molecule has 16 heavy (non-hydrogen) atoms. The summed E-state index contributed by atoms with van der Waals surface area (Å²) in [6.07, 6.45) is 9.99. The molecular formula is C15H29N. The van der Waals surface area contributed by atoms with Crippen LogP contribution < -0.4 is 5.32 Å². The van der Waals surface area contributed by atoms with Crippen LogP contribution in [0.3, 0.4) is 0 Å². The fourth-order valence-corrected chi connectivity index (χ4v) is 4.01. The van der Waals surface area contributed by atoms with Crippen LogP contribution in [0.15, 0.2) is 0 Å². The highest BCUT2D eigenvalue weighted by Gasteiger charge is 2.29. The predicted molar refractivity (Wildman–Crippen MR) is 70.5 cm³/mol. The minimum absolute atomic E-state index is 0.819. The molecule has 4 atom stereocenters. The molecule has 1 N–H and O–H groups in total. The van der Waals surface area contributed by atoms with Gasteiger partial charge in [-0.15, -0.1) is 0 Å². The fraction of sp³-hybridized carbons (Fsp3) is 1.00. The molecule has 1 nitrogen and oxygen atoms in total. The second kappa shape index (κ2) is 5.53. The predicted octanol–water partition coefficient (Wildman–Crippen LogP) is 3.98. The molecule has 0 amide bonds. The Morgan fingerprint density at radius 1 is 0.875 bits per heavy atom. The van der Waals surface area contributed by atoms with E-state index in [9.17, 15) is 0 Å². The average molecular weight is 223 g/mol. The van der Waals surface area contributed by atoms with Crippen LogP contribution in [0.1, 0.15) is 65.7 Å². The molecule has 94 valence electrons. The molecule has 4 unspecified atom stereocenters. The summed E-state index contributed by atoms with van der Waals surface area (Å²) in [7, 11) is 0. The third-order valence-corrected chi connectivity index (χ3v) is 4.77.